The fourth-order valence-corrected chi connectivity index (χ4v) is 2.15. The first kappa shape index (κ1) is 9.91. The van der Waals surface area contributed by atoms with E-state index in [1.165, 1.54) is 17.4 Å². The van der Waals surface area contributed by atoms with Gasteiger partial charge in [0.2, 0.25) is 0 Å². The molecule has 0 aromatic carbocycles. The van der Waals surface area contributed by atoms with Crippen LogP contribution in [-0.4, -0.2) is 9.55 Å². The predicted molar refractivity (Wildman–Crippen MR) is 55.4 cm³/mol. The van der Waals surface area contributed by atoms with Crippen molar-refractivity contribution in [2.24, 2.45) is 7.05 Å². The third-order valence-electron chi connectivity index (χ3n) is 2.98. The molecule has 0 bridgehead atoms. The van der Waals surface area contributed by atoms with Gasteiger partial charge in [0.1, 0.15) is 6.07 Å². The molecule has 1 aliphatic rings. The highest BCUT2D eigenvalue weighted by molar-refractivity contribution is 5.33. The van der Waals surface area contributed by atoms with Gasteiger partial charge >= 0.3 is 5.69 Å². The maximum atomic E-state index is 11.4. The Morgan fingerprint density at radius 1 is 1.53 bits per heavy atom. The van der Waals surface area contributed by atoms with E-state index >= 15 is 0 Å². The van der Waals surface area contributed by atoms with Gasteiger partial charge in [0.25, 0.3) is 0 Å². The lowest BCUT2D eigenvalue weighted by atomic mass is 10.0. The molecule has 4 heteroatoms. The van der Waals surface area contributed by atoms with Crippen molar-refractivity contribution in [3.8, 4) is 6.07 Å². The molecule has 1 aromatic heterocycles. The second-order valence-corrected chi connectivity index (χ2v) is 4.03. The Labute approximate surface area is 88.2 Å². The Balaban J connectivity index is 2.50. The van der Waals surface area contributed by atoms with Gasteiger partial charge in [-0.3, -0.25) is 0 Å². The van der Waals surface area contributed by atoms with Crippen LogP contribution in [0.25, 0.3) is 0 Å². The van der Waals surface area contributed by atoms with E-state index in [1.54, 1.807) is 13.2 Å². The molecule has 1 saturated carbocycles. The molecule has 2 rings (SSSR count). The summed E-state index contributed by atoms with van der Waals surface area (Å²) in [4.78, 5) is 15.4. The maximum absolute atomic E-state index is 11.4. The van der Waals surface area contributed by atoms with Crippen LogP contribution < -0.4 is 5.69 Å². The Hall–Kier alpha value is -1.63. The van der Waals surface area contributed by atoms with Crippen molar-refractivity contribution in [2.75, 3.05) is 0 Å². The largest absolute Gasteiger partial charge is 0.347 e. The van der Waals surface area contributed by atoms with Crippen LogP contribution in [0.4, 0.5) is 0 Å². The zero-order valence-electron chi connectivity index (χ0n) is 8.73. The fourth-order valence-electron chi connectivity index (χ4n) is 2.15. The molecule has 0 amide bonds. The molecule has 15 heavy (non-hydrogen) atoms. The first-order valence-corrected chi connectivity index (χ1v) is 5.20. The maximum Gasteiger partial charge on any atom is 0.347 e. The molecule has 1 aliphatic carbocycles. The summed E-state index contributed by atoms with van der Waals surface area (Å²) in [5.41, 5.74) is 0.984. The van der Waals surface area contributed by atoms with E-state index in [2.05, 4.69) is 11.1 Å². The van der Waals surface area contributed by atoms with Crippen molar-refractivity contribution < 1.29 is 0 Å². The third-order valence-corrected chi connectivity index (χ3v) is 2.98. The van der Waals surface area contributed by atoms with Crippen molar-refractivity contribution in [1.29, 1.82) is 5.26 Å². The van der Waals surface area contributed by atoms with Crippen molar-refractivity contribution in [1.82, 2.24) is 9.55 Å². The van der Waals surface area contributed by atoms with Gasteiger partial charge in [-0.25, -0.2) is 4.79 Å². The fraction of sp³-hybridized carbons (Fsp3) is 0.545. The molecule has 1 fully saturated rings. The molecule has 0 spiro atoms. The molecule has 0 saturated heterocycles. The smallest absolute Gasteiger partial charge is 0.301 e. The van der Waals surface area contributed by atoms with Crippen molar-refractivity contribution >= 4 is 0 Å². The van der Waals surface area contributed by atoms with Gasteiger partial charge < -0.3 is 4.57 Å². The predicted octanol–water partition coefficient (Wildman–Crippen LogP) is 1.31. The van der Waals surface area contributed by atoms with Crippen molar-refractivity contribution in [3.63, 3.8) is 0 Å². The minimum atomic E-state index is -0.268. The lowest BCUT2D eigenvalue weighted by Crippen LogP contribution is -2.23. The summed E-state index contributed by atoms with van der Waals surface area (Å²) in [6.07, 6.45) is 6.03. The van der Waals surface area contributed by atoms with E-state index in [1.807, 2.05) is 0 Å². The van der Waals surface area contributed by atoms with Gasteiger partial charge in [-0.15, -0.1) is 0 Å². The number of hydrogen-bond donors (Lipinski definition) is 0. The lowest BCUT2D eigenvalue weighted by molar-refractivity contribution is 0.667. The molecular formula is C11H13N3O. The number of nitriles is 1. The average molecular weight is 203 g/mol. The van der Waals surface area contributed by atoms with Crippen LogP contribution in [0, 0.1) is 11.3 Å². The van der Waals surface area contributed by atoms with Crippen LogP contribution in [0.3, 0.4) is 0 Å². The van der Waals surface area contributed by atoms with Gasteiger partial charge in [0.05, 0.1) is 11.3 Å². The summed E-state index contributed by atoms with van der Waals surface area (Å²) in [6.45, 7) is 0. The van der Waals surface area contributed by atoms with E-state index in [-0.39, 0.29) is 5.69 Å². The van der Waals surface area contributed by atoms with Gasteiger partial charge in [0.15, 0.2) is 0 Å². The molecule has 0 N–H and O–H groups in total. The lowest BCUT2D eigenvalue weighted by Gasteiger charge is -2.10. The summed E-state index contributed by atoms with van der Waals surface area (Å²) in [6, 6.07) is 2.12. The van der Waals surface area contributed by atoms with E-state index < -0.39 is 0 Å². The summed E-state index contributed by atoms with van der Waals surface area (Å²) >= 11 is 0. The van der Waals surface area contributed by atoms with Crippen molar-refractivity contribution in [3.05, 3.63) is 27.9 Å². The second-order valence-electron chi connectivity index (χ2n) is 4.03. The van der Waals surface area contributed by atoms with Crippen LogP contribution in [0.2, 0.25) is 0 Å². The van der Waals surface area contributed by atoms with Crippen LogP contribution in [-0.2, 0) is 7.05 Å². The SMILES string of the molecule is Cn1cc(C#N)c(C2CCCC2)nc1=O. The molecule has 0 unspecified atom stereocenters. The summed E-state index contributed by atoms with van der Waals surface area (Å²) in [5, 5.41) is 8.99. The monoisotopic (exact) mass is 203 g/mol. The normalized spacial score (nSPS) is 16.5. The van der Waals surface area contributed by atoms with Crippen LogP contribution in [0.15, 0.2) is 11.0 Å². The van der Waals surface area contributed by atoms with Crippen LogP contribution >= 0.6 is 0 Å². The van der Waals surface area contributed by atoms with Crippen LogP contribution in [0.1, 0.15) is 42.9 Å². The van der Waals surface area contributed by atoms with Crippen LogP contribution in [0.5, 0.6) is 0 Å². The number of nitrogens with zero attached hydrogens (tertiary/aromatic N) is 3. The van der Waals surface area contributed by atoms with Crippen molar-refractivity contribution in [2.45, 2.75) is 31.6 Å². The Morgan fingerprint density at radius 3 is 2.80 bits per heavy atom. The first-order valence-electron chi connectivity index (χ1n) is 5.20. The van der Waals surface area contributed by atoms with Gasteiger partial charge in [-0.05, 0) is 12.8 Å². The number of aryl methyl sites for hydroxylation is 1. The summed E-state index contributed by atoms with van der Waals surface area (Å²) < 4.78 is 1.36. The molecule has 1 aromatic rings. The molecule has 1 heterocycles. The van der Waals surface area contributed by atoms with E-state index in [4.69, 9.17) is 5.26 Å². The van der Waals surface area contributed by atoms with Gasteiger partial charge in [0, 0.05) is 19.2 Å². The summed E-state index contributed by atoms with van der Waals surface area (Å²) in [5.74, 6) is 0.313. The molecule has 0 atom stereocenters. The molecule has 0 aliphatic heterocycles. The minimum absolute atomic E-state index is 0.268. The Morgan fingerprint density at radius 2 is 2.20 bits per heavy atom. The van der Waals surface area contributed by atoms with E-state index in [9.17, 15) is 4.79 Å². The standard InChI is InChI=1S/C11H13N3O/c1-14-7-9(6-12)10(13-11(14)15)8-4-2-3-5-8/h7-8H,2-5H2,1H3. The number of hydrogen-bond acceptors (Lipinski definition) is 3. The Kier molecular flexibility index (Phi) is 2.55. The Bertz CT molecular complexity index is 464. The molecular weight excluding hydrogens is 190 g/mol. The second kappa shape index (κ2) is 3.85. The number of aromatic nitrogens is 2. The highest BCUT2D eigenvalue weighted by atomic mass is 16.1. The third kappa shape index (κ3) is 1.78. The van der Waals surface area contributed by atoms with Gasteiger partial charge in [-0.2, -0.15) is 10.2 Å². The quantitative estimate of drug-likeness (QED) is 0.691. The molecule has 0 radical (unpaired) electrons. The van der Waals surface area contributed by atoms with E-state index in [0.29, 0.717) is 17.2 Å². The minimum Gasteiger partial charge on any atom is -0.301 e. The first-order chi connectivity index (χ1) is 7.22. The highest BCUT2D eigenvalue weighted by Crippen LogP contribution is 2.33. The van der Waals surface area contributed by atoms with E-state index in [0.717, 1.165) is 12.8 Å². The number of rotatable bonds is 1. The average Bonchev–Trinajstić information content (AvgIpc) is 2.74. The van der Waals surface area contributed by atoms with Gasteiger partial charge in [-0.1, -0.05) is 12.8 Å². The zero-order chi connectivity index (χ0) is 10.8. The topological polar surface area (TPSA) is 58.7 Å². The molecule has 78 valence electrons. The highest BCUT2D eigenvalue weighted by Gasteiger charge is 2.22. The summed E-state index contributed by atoms with van der Waals surface area (Å²) in [7, 11) is 1.62. The molecule has 4 nitrogen and oxygen atoms in total. The zero-order valence-corrected chi connectivity index (χ0v) is 8.73.